The fourth-order valence-corrected chi connectivity index (χ4v) is 1.87. The lowest BCUT2D eigenvalue weighted by atomic mass is 10.2. The number of rotatable bonds is 5. The Hall–Kier alpha value is -2.62. The van der Waals surface area contributed by atoms with E-state index in [0.29, 0.717) is 0 Å². The van der Waals surface area contributed by atoms with Crippen molar-refractivity contribution in [2.75, 3.05) is 13.6 Å². The number of nitrogens with zero attached hydrogens (tertiary/aromatic N) is 4. The molecule has 2 aromatic rings. The van der Waals surface area contributed by atoms with Crippen LogP contribution in [-0.2, 0) is 6.54 Å². The van der Waals surface area contributed by atoms with Crippen molar-refractivity contribution in [3.8, 4) is 5.69 Å². The van der Waals surface area contributed by atoms with Gasteiger partial charge in [-0.3, -0.25) is 0 Å². The minimum absolute atomic E-state index is 0.142. The van der Waals surface area contributed by atoms with Crippen molar-refractivity contribution in [2.45, 2.75) is 18.8 Å². The number of aliphatic hydroxyl groups is 1. The van der Waals surface area contributed by atoms with Crippen LogP contribution in [0.4, 0.5) is 18.0 Å². The minimum Gasteiger partial charge on any atom is -0.382 e. The average Bonchev–Trinajstić information content (AvgIpc) is 3.06. The van der Waals surface area contributed by atoms with Crippen LogP contribution in [0.1, 0.15) is 5.56 Å². The fraction of sp³-hybridized carbons (Fsp3) is 0.357. The van der Waals surface area contributed by atoms with Crippen LogP contribution in [0, 0.1) is 0 Å². The molecule has 0 aliphatic rings. The Morgan fingerprint density at radius 2 is 2.04 bits per heavy atom. The number of carbonyl (C=O) groups excluding carboxylic acids is 1. The highest BCUT2D eigenvalue weighted by Crippen LogP contribution is 2.20. The number of likely N-dealkylation sites (N-methyl/N-ethyl adjacent to an activating group) is 1. The zero-order chi connectivity index (χ0) is 17.7. The summed E-state index contributed by atoms with van der Waals surface area (Å²) in [5, 5.41) is 15.4. The Bertz CT molecular complexity index is 658. The molecule has 130 valence electrons. The molecule has 1 aromatic carbocycles. The van der Waals surface area contributed by atoms with Crippen molar-refractivity contribution >= 4 is 6.03 Å². The number of carbonyl (C=O) groups is 1. The Labute approximate surface area is 135 Å². The largest absolute Gasteiger partial charge is 0.416 e. The molecule has 0 fully saturated rings. The van der Waals surface area contributed by atoms with Crippen LogP contribution in [0.15, 0.2) is 36.9 Å². The first-order valence-electron chi connectivity index (χ1n) is 6.95. The molecular weight excluding hydrogens is 327 g/mol. The third-order valence-electron chi connectivity index (χ3n) is 3.23. The molecule has 2 N–H and O–H groups in total. The normalized spacial score (nSPS) is 12.7. The highest BCUT2D eigenvalue weighted by molar-refractivity contribution is 5.73. The second-order valence-corrected chi connectivity index (χ2v) is 5.10. The van der Waals surface area contributed by atoms with E-state index in [1.165, 1.54) is 19.7 Å². The summed E-state index contributed by atoms with van der Waals surface area (Å²) in [6, 6.07) is 6.34. The van der Waals surface area contributed by atoms with Crippen LogP contribution in [0.5, 0.6) is 0 Å². The summed E-state index contributed by atoms with van der Waals surface area (Å²) in [5.74, 6) is 0. The quantitative estimate of drug-likeness (QED) is 0.858. The van der Waals surface area contributed by atoms with Gasteiger partial charge in [0.15, 0.2) is 6.10 Å². The van der Waals surface area contributed by atoms with Gasteiger partial charge in [-0.1, -0.05) is 12.1 Å². The van der Waals surface area contributed by atoms with E-state index in [4.69, 9.17) is 5.11 Å². The number of urea groups is 1. The van der Waals surface area contributed by atoms with Crippen LogP contribution in [0.2, 0.25) is 0 Å². The zero-order valence-electron chi connectivity index (χ0n) is 12.7. The van der Waals surface area contributed by atoms with Crippen LogP contribution < -0.4 is 5.32 Å². The van der Waals surface area contributed by atoms with Crippen molar-refractivity contribution in [3.63, 3.8) is 0 Å². The molecule has 24 heavy (non-hydrogen) atoms. The molecule has 0 saturated carbocycles. The van der Waals surface area contributed by atoms with Crippen molar-refractivity contribution in [1.82, 2.24) is 25.0 Å². The van der Waals surface area contributed by atoms with Crippen LogP contribution >= 0.6 is 0 Å². The lowest BCUT2D eigenvalue weighted by molar-refractivity contribution is -0.205. The first-order chi connectivity index (χ1) is 11.3. The van der Waals surface area contributed by atoms with Gasteiger partial charge in [0.1, 0.15) is 12.7 Å². The molecule has 7 nitrogen and oxygen atoms in total. The third kappa shape index (κ3) is 4.69. The molecular formula is C14H16F3N5O2. The Morgan fingerprint density at radius 3 is 2.58 bits per heavy atom. The van der Waals surface area contributed by atoms with E-state index < -0.39 is 24.9 Å². The zero-order valence-corrected chi connectivity index (χ0v) is 12.7. The van der Waals surface area contributed by atoms with Crippen molar-refractivity contribution < 1.29 is 23.1 Å². The Kier molecular flexibility index (Phi) is 5.39. The molecule has 0 aliphatic heterocycles. The van der Waals surface area contributed by atoms with E-state index in [1.807, 2.05) is 0 Å². The highest BCUT2D eigenvalue weighted by Gasteiger charge is 2.39. The summed E-state index contributed by atoms with van der Waals surface area (Å²) in [4.78, 5) is 16.4. The van der Waals surface area contributed by atoms with Crippen molar-refractivity contribution in [2.24, 2.45) is 0 Å². The first kappa shape index (κ1) is 17.7. The summed E-state index contributed by atoms with van der Waals surface area (Å²) in [6.45, 7) is -0.691. The van der Waals surface area contributed by atoms with E-state index in [9.17, 15) is 18.0 Å². The molecule has 0 spiro atoms. The van der Waals surface area contributed by atoms with E-state index in [2.05, 4.69) is 15.4 Å². The minimum atomic E-state index is -4.76. The van der Waals surface area contributed by atoms with Crippen LogP contribution in [0.25, 0.3) is 5.69 Å². The highest BCUT2D eigenvalue weighted by atomic mass is 19.4. The topological polar surface area (TPSA) is 83.3 Å². The fourth-order valence-electron chi connectivity index (χ4n) is 1.87. The molecule has 1 aromatic heterocycles. The summed E-state index contributed by atoms with van der Waals surface area (Å²) < 4.78 is 38.3. The number of aromatic nitrogens is 3. The summed E-state index contributed by atoms with van der Waals surface area (Å²) in [6.07, 6.45) is -4.39. The molecule has 0 aliphatic carbocycles. The van der Waals surface area contributed by atoms with Crippen molar-refractivity contribution in [3.05, 3.63) is 42.5 Å². The van der Waals surface area contributed by atoms with Crippen LogP contribution in [-0.4, -0.2) is 56.7 Å². The lowest BCUT2D eigenvalue weighted by Gasteiger charge is -2.22. The molecule has 1 atom stereocenters. The number of aliphatic hydroxyl groups excluding tert-OH is 1. The third-order valence-corrected chi connectivity index (χ3v) is 3.23. The number of amides is 2. The van der Waals surface area contributed by atoms with Gasteiger partial charge in [-0.15, -0.1) is 0 Å². The predicted octanol–water partition coefficient (Wildman–Crippen LogP) is 1.33. The summed E-state index contributed by atoms with van der Waals surface area (Å²) in [7, 11) is 1.18. The predicted molar refractivity (Wildman–Crippen MR) is 78.3 cm³/mol. The van der Waals surface area contributed by atoms with Crippen molar-refractivity contribution in [1.29, 1.82) is 0 Å². The summed E-state index contributed by atoms with van der Waals surface area (Å²) >= 11 is 0. The standard InChI is InChI=1S/C14H16F3N5O2/c1-21(7-12(23)14(15,16)17)13(24)19-6-10-2-4-11(5-3-10)22-9-18-8-20-22/h2-5,8-9,12,23H,6-7H2,1H3,(H,19,24)/t12-/m1/s1. The van der Waals surface area contributed by atoms with Gasteiger partial charge in [0.25, 0.3) is 0 Å². The molecule has 0 radical (unpaired) electrons. The van der Waals surface area contributed by atoms with Gasteiger partial charge >= 0.3 is 12.2 Å². The van der Waals surface area contributed by atoms with Gasteiger partial charge in [0, 0.05) is 13.6 Å². The second kappa shape index (κ2) is 7.30. The monoisotopic (exact) mass is 343 g/mol. The molecule has 1 heterocycles. The van der Waals surface area contributed by atoms with E-state index in [-0.39, 0.29) is 6.54 Å². The van der Waals surface area contributed by atoms with Gasteiger partial charge in [0.05, 0.1) is 12.2 Å². The van der Waals surface area contributed by atoms with Gasteiger partial charge in [-0.05, 0) is 17.7 Å². The average molecular weight is 343 g/mol. The number of alkyl halides is 3. The summed E-state index contributed by atoms with van der Waals surface area (Å²) in [5.41, 5.74) is 1.55. The molecule has 10 heteroatoms. The van der Waals surface area contributed by atoms with E-state index in [1.54, 1.807) is 28.9 Å². The van der Waals surface area contributed by atoms with Crippen LogP contribution in [0.3, 0.4) is 0 Å². The Morgan fingerprint density at radius 1 is 1.38 bits per heavy atom. The second-order valence-electron chi connectivity index (χ2n) is 5.10. The SMILES string of the molecule is CN(C[C@@H](O)C(F)(F)F)C(=O)NCc1ccc(-n2cncn2)cc1. The van der Waals surface area contributed by atoms with Gasteiger partial charge in [-0.25, -0.2) is 14.5 Å². The molecule has 2 amide bonds. The molecule has 2 rings (SSSR count). The molecule has 0 bridgehead atoms. The molecule has 0 saturated heterocycles. The molecule has 0 unspecified atom stereocenters. The maximum atomic E-state index is 12.3. The lowest BCUT2D eigenvalue weighted by Crippen LogP contribution is -2.45. The maximum absolute atomic E-state index is 12.3. The number of halogens is 3. The van der Waals surface area contributed by atoms with Gasteiger partial charge in [0.2, 0.25) is 0 Å². The van der Waals surface area contributed by atoms with E-state index >= 15 is 0 Å². The number of hydrogen-bond donors (Lipinski definition) is 2. The number of benzene rings is 1. The number of hydrogen-bond acceptors (Lipinski definition) is 4. The number of nitrogens with one attached hydrogen (secondary N) is 1. The first-order valence-corrected chi connectivity index (χ1v) is 6.95. The smallest absolute Gasteiger partial charge is 0.382 e. The van der Waals surface area contributed by atoms with Gasteiger partial charge < -0.3 is 15.3 Å². The van der Waals surface area contributed by atoms with E-state index in [0.717, 1.165) is 16.2 Å². The Balaban J connectivity index is 1.85. The maximum Gasteiger partial charge on any atom is 0.416 e. The van der Waals surface area contributed by atoms with Gasteiger partial charge in [-0.2, -0.15) is 18.3 Å².